The Kier molecular flexibility index (Phi) is 6.35. The molecule has 2 aromatic rings. The lowest BCUT2D eigenvalue weighted by Crippen LogP contribution is -2.61. The Bertz CT molecular complexity index is 1060. The number of hydrogen-bond acceptors (Lipinski definition) is 4. The highest BCUT2D eigenvalue weighted by Crippen LogP contribution is 2.48. The van der Waals surface area contributed by atoms with Crippen LogP contribution in [0.2, 0.25) is 0 Å². The Hall–Kier alpha value is -3.22. The van der Waals surface area contributed by atoms with Gasteiger partial charge in [0.15, 0.2) is 11.5 Å². The van der Waals surface area contributed by atoms with E-state index in [1.165, 1.54) is 11.1 Å². The van der Waals surface area contributed by atoms with Crippen LogP contribution in [0.4, 0.5) is 4.79 Å². The maximum Gasteiger partial charge on any atom is 0.317 e. The van der Waals surface area contributed by atoms with Gasteiger partial charge in [0.05, 0.1) is 26.2 Å². The van der Waals surface area contributed by atoms with Crippen LogP contribution in [-0.2, 0) is 17.6 Å². The minimum absolute atomic E-state index is 0.0690. The van der Waals surface area contributed by atoms with Gasteiger partial charge in [-0.25, -0.2) is 4.79 Å². The lowest BCUT2D eigenvalue weighted by Gasteiger charge is -2.51. The van der Waals surface area contributed by atoms with Crippen LogP contribution in [0, 0.1) is 5.92 Å². The van der Waals surface area contributed by atoms with E-state index in [1.807, 2.05) is 34.1 Å². The number of likely N-dealkylation sites (tertiary alicyclic amines) is 1. The van der Waals surface area contributed by atoms with Crippen LogP contribution < -0.4 is 14.8 Å². The molecule has 34 heavy (non-hydrogen) atoms. The van der Waals surface area contributed by atoms with Crippen LogP contribution in [0.5, 0.6) is 11.5 Å². The Morgan fingerprint density at radius 1 is 1.09 bits per heavy atom. The van der Waals surface area contributed by atoms with Gasteiger partial charge in [0.2, 0.25) is 5.91 Å². The summed E-state index contributed by atoms with van der Waals surface area (Å²) in [5, 5.41) is 3.10. The quantitative estimate of drug-likeness (QED) is 0.736. The molecular formula is C27H33N3O4. The summed E-state index contributed by atoms with van der Waals surface area (Å²) < 4.78 is 11.3. The molecule has 2 aromatic carbocycles. The van der Waals surface area contributed by atoms with E-state index in [4.69, 9.17) is 9.47 Å². The van der Waals surface area contributed by atoms with Crippen molar-refractivity contribution in [3.63, 3.8) is 0 Å². The Labute approximate surface area is 201 Å². The predicted octanol–water partition coefficient (Wildman–Crippen LogP) is 3.57. The fraction of sp³-hybridized carbons (Fsp3) is 0.481. The van der Waals surface area contributed by atoms with Crippen LogP contribution in [-0.4, -0.2) is 61.6 Å². The van der Waals surface area contributed by atoms with Gasteiger partial charge >= 0.3 is 6.03 Å². The molecule has 3 amide bonds. The average molecular weight is 464 g/mol. The van der Waals surface area contributed by atoms with Gasteiger partial charge in [0.1, 0.15) is 0 Å². The number of ether oxygens (including phenoxy) is 2. The van der Waals surface area contributed by atoms with Crippen molar-refractivity contribution in [1.82, 2.24) is 15.1 Å². The molecule has 3 heterocycles. The van der Waals surface area contributed by atoms with E-state index >= 15 is 0 Å². The summed E-state index contributed by atoms with van der Waals surface area (Å²) in [7, 11) is 3.28. The van der Waals surface area contributed by atoms with Crippen LogP contribution in [0.15, 0.2) is 42.5 Å². The van der Waals surface area contributed by atoms with Gasteiger partial charge in [-0.15, -0.1) is 0 Å². The van der Waals surface area contributed by atoms with Crippen molar-refractivity contribution in [2.45, 2.75) is 44.2 Å². The van der Waals surface area contributed by atoms with Crippen molar-refractivity contribution >= 4 is 11.9 Å². The second kappa shape index (κ2) is 9.57. The fourth-order valence-electron chi connectivity index (χ4n) is 6.03. The van der Waals surface area contributed by atoms with E-state index in [9.17, 15) is 9.59 Å². The Morgan fingerprint density at radius 2 is 1.91 bits per heavy atom. The van der Waals surface area contributed by atoms with Crippen molar-refractivity contribution in [1.29, 1.82) is 0 Å². The second-order valence-corrected chi connectivity index (χ2v) is 9.38. The van der Waals surface area contributed by atoms with Gasteiger partial charge in [-0.1, -0.05) is 36.4 Å². The van der Waals surface area contributed by atoms with E-state index in [2.05, 4.69) is 23.5 Å². The number of carbonyl (C=O) groups is 2. The first-order valence-electron chi connectivity index (χ1n) is 12.2. The molecule has 0 aliphatic carbocycles. The summed E-state index contributed by atoms with van der Waals surface area (Å²) in [4.78, 5) is 30.8. The number of carbonyl (C=O) groups excluding carboxylic acids is 2. The number of urea groups is 1. The zero-order valence-electron chi connectivity index (χ0n) is 20.0. The molecule has 3 aliphatic heterocycles. The molecule has 0 aromatic heterocycles. The van der Waals surface area contributed by atoms with Gasteiger partial charge in [-0.2, -0.15) is 0 Å². The van der Waals surface area contributed by atoms with Gasteiger partial charge in [0.25, 0.3) is 0 Å². The standard InChI is InChI=1S/C27H33N3O4/c1-33-23-11-10-19-13-16-29-22(24(19)25(23)34-2)17-21-20(26(29)31)9-6-15-30(21)27(32)28-14-12-18-7-4-3-5-8-18/h3-5,7-8,10-11,20-22H,6,9,12-17H2,1-2H3,(H,28,32)/t20-,21-,22+/m1/s1. The summed E-state index contributed by atoms with van der Waals surface area (Å²) in [5.41, 5.74) is 3.43. The normalized spacial score (nSPS) is 23.5. The smallest absolute Gasteiger partial charge is 0.317 e. The van der Waals surface area contributed by atoms with E-state index in [0.717, 1.165) is 37.7 Å². The van der Waals surface area contributed by atoms with E-state index in [0.29, 0.717) is 31.1 Å². The molecule has 3 atom stereocenters. The summed E-state index contributed by atoms with van der Waals surface area (Å²) in [5.74, 6) is 1.41. The monoisotopic (exact) mass is 463 g/mol. The molecular weight excluding hydrogens is 430 g/mol. The van der Waals surface area contributed by atoms with Crippen molar-refractivity contribution < 1.29 is 19.1 Å². The largest absolute Gasteiger partial charge is 0.493 e. The first-order valence-corrected chi connectivity index (χ1v) is 12.2. The highest BCUT2D eigenvalue weighted by Gasteiger charge is 2.49. The zero-order valence-corrected chi connectivity index (χ0v) is 20.0. The Morgan fingerprint density at radius 3 is 2.68 bits per heavy atom. The Balaban J connectivity index is 1.37. The SMILES string of the molecule is COc1ccc2c(c1OC)[C@@H]1C[C@@H]3[C@@H](CCCN3C(=O)NCCc3ccccc3)C(=O)N1CC2. The third-order valence-corrected chi connectivity index (χ3v) is 7.64. The molecule has 7 nitrogen and oxygen atoms in total. The van der Waals surface area contributed by atoms with Gasteiger partial charge < -0.3 is 24.6 Å². The van der Waals surface area contributed by atoms with Crippen LogP contribution in [0.25, 0.3) is 0 Å². The number of piperidine rings is 2. The molecule has 3 aliphatic rings. The molecule has 0 spiro atoms. The third-order valence-electron chi connectivity index (χ3n) is 7.64. The summed E-state index contributed by atoms with van der Waals surface area (Å²) in [6, 6.07) is 13.9. The molecule has 0 saturated carbocycles. The zero-order chi connectivity index (χ0) is 23.7. The lowest BCUT2D eigenvalue weighted by molar-refractivity contribution is -0.148. The van der Waals surface area contributed by atoms with Crippen LogP contribution >= 0.6 is 0 Å². The van der Waals surface area contributed by atoms with Gasteiger partial charge in [0, 0.05) is 31.2 Å². The molecule has 2 fully saturated rings. The third kappa shape index (κ3) is 3.97. The number of benzene rings is 2. The lowest BCUT2D eigenvalue weighted by atomic mass is 9.76. The number of methoxy groups -OCH3 is 2. The summed E-state index contributed by atoms with van der Waals surface area (Å²) in [6.45, 7) is 1.97. The van der Waals surface area contributed by atoms with E-state index in [1.54, 1.807) is 14.2 Å². The topological polar surface area (TPSA) is 71.1 Å². The van der Waals surface area contributed by atoms with Gasteiger partial charge in [-0.3, -0.25) is 4.79 Å². The highest BCUT2D eigenvalue weighted by atomic mass is 16.5. The van der Waals surface area contributed by atoms with Crippen molar-refractivity contribution in [2.24, 2.45) is 5.92 Å². The van der Waals surface area contributed by atoms with Crippen LogP contribution in [0.1, 0.15) is 42.0 Å². The predicted molar refractivity (Wildman–Crippen MR) is 129 cm³/mol. The first-order chi connectivity index (χ1) is 16.6. The molecule has 0 unspecified atom stereocenters. The minimum atomic E-state index is -0.136. The average Bonchev–Trinajstić information content (AvgIpc) is 2.88. The molecule has 7 heteroatoms. The maximum absolute atomic E-state index is 13.6. The van der Waals surface area contributed by atoms with Gasteiger partial charge in [-0.05, 0) is 49.3 Å². The van der Waals surface area contributed by atoms with Crippen LogP contribution in [0.3, 0.4) is 0 Å². The van der Waals surface area contributed by atoms with E-state index in [-0.39, 0.29) is 29.9 Å². The number of nitrogens with one attached hydrogen (secondary N) is 1. The van der Waals surface area contributed by atoms with Crippen molar-refractivity contribution in [3.05, 3.63) is 59.2 Å². The summed E-state index contributed by atoms with van der Waals surface area (Å²) >= 11 is 0. The summed E-state index contributed by atoms with van der Waals surface area (Å²) in [6.07, 6.45) is 4.00. The molecule has 0 bridgehead atoms. The van der Waals surface area contributed by atoms with Crippen molar-refractivity contribution in [2.75, 3.05) is 33.9 Å². The minimum Gasteiger partial charge on any atom is -0.493 e. The highest BCUT2D eigenvalue weighted by molar-refractivity contribution is 5.84. The maximum atomic E-state index is 13.6. The number of amides is 3. The second-order valence-electron chi connectivity index (χ2n) is 9.38. The molecule has 180 valence electrons. The van der Waals surface area contributed by atoms with Crippen molar-refractivity contribution in [3.8, 4) is 11.5 Å². The number of fused-ring (bicyclic) bond motifs is 4. The molecule has 1 N–H and O–H groups in total. The number of hydrogen-bond donors (Lipinski definition) is 1. The number of rotatable bonds is 5. The first kappa shape index (κ1) is 22.6. The molecule has 5 rings (SSSR count). The molecule has 2 saturated heterocycles. The van der Waals surface area contributed by atoms with E-state index < -0.39 is 0 Å². The molecule has 0 radical (unpaired) electrons. The number of nitrogens with zero attached hydrogens (tertiary/aromatic N) is 2. The fourth-order valence-corrected chi connectivity index (χ4v) is 6.03.